The van der Waals surface area contributed by atoms with Crippen LogP contribution in [0.2, 0.25) is 0 Å². The smallest absolute Gasteiger partial charge is 0.253 e. The zero-order valence-electron chi connectivity index (χ0n) is 16.7. The van der Waals surface area contributed by atoms with E-state index in [1.807, 2.05) is 60.4 Å². The molecule has 0 N–H and O–H groups in total. The summed E-state index contributed by atoms with van der Waals surface area (Å²) in [6.45, 7) is 5.07. The molecular weight excluding hydrogens is 352 g/mol. The zero-order chi connectivity index (χ0) is 19.5. The maximum atomic E-state index is 12.8. The summed E-state index contributed by atoms with van der Waals surface area (Å²) in [4.78, 5) is 30.5. The highest BCUT2D eigenvalue weighted by Gasteiger charge is 2.24. The molecule has 0 radical (unpaired) electrons. The average molecular weight is 380 g/mol. The van der Waals surface area contributed by atoms with Crippen LogP contribution in [0, 0.1) is 0 Å². The molecule has 2 fully saturated rings. The van der Waals surface area contributed by atoms with E-state index in [1.54, 1.807) is 0 Å². The number of anilines is 3. The average Bonchev–Trinajstić information content (AvgIpc) is 3.28. The quantitative estimate of drug-likeness (QED) is 0.810. The first kappa shape index (κ1) is 18.5. The van der Waals surface area contributed by atoms with E-state index in [-0.39, 0.29) is 5.91 Å². The first-order valence-corrected chi connectivity index (χ1v) is 10.0. The van der Waals surface area contributed by atoms with Gasteiger partial charge in [-0.2, -0.15) is 4.98 Å². The standard InChI is InChI=1S/C21H28N6O/c1-24(2)18-7-5-17(6-8-18)20(28)26-15-13-25(14-16-26)19-9-10-22-21(23-19)27-11-3-4-12-27/h5-10H,3-4,11-16H2,1-2H3. The van der Waals surface area contributed by atoms with Crippen molar-refractivity contribution in [1.29, 1.82) is 0 Å². The van der Waals surface area contributed by atoms with Gasteiger partial charge in [0.1, 0.15) is 5.82 Å². The number of aromatic nitrogens is 2. The number of rotatable bonds is 4. The minimum absolute atomic E-state index is 0.102. The predicted molar refractivity (Wildman–Crippen MR) is 112 cm³/mol. The highest BCUT2D eigenvalue weighted by Crippen LogP contribution is 2.21. The second kappa shape index (κ2) is 8.04. The lowest BCUT2D eigenvalue weighted by molar-refractivity contribution is 0.0746. The maximum absolute atomic E-state index is 12.8. The molecule has 0 spiro atoms. The van der Waals surface area contributed by atoms with Crippen LogP contribution in [0.5, 0.6) is 0 Å². The van der Waals surface area contributed by atoms with Crippen LogP contribution in [0.3, 0.4) is 0 Å². The number of carbonyl (C=O) groups excluding carboxylic acids is 1. The molecule has 2 aromatic rings. The molecule has 1 aromatic carbocycles. The number of hydrogen-bond acceptors (Lipinski definition) is 6. The fraction of sp³-hybridized carbons (Fsp3) is 0.476. The van der Waals surface area contributed by atoms with Crippen LogP contribution in [0.4, 0.5) is 17.5 Å². The van der Waals surface area contributed by atoms with Crippen molar-refractivity contribution >= 4 is 23.4 Å². The van der Waals surface area contributed by atoms with Gasteiger partial charge in [0.2, 0.25) is 5.95 Å². The summed E-state index contributed by atoms with van der Waals surface area (Å²) in [6, 6.07) is 9.78. The van der Waals surface area contributed by atoms with Crippen molar-refractivity contribution in [2.24, 2.45) is 0 Å². The Morgan fingerprint density at radius 1 is 0.893 bits per heavy atom. The molecular formula is C21H28N6O. The van der Waals surface area contributed by atoms with Gasteiger partial charge in [-0.15, -0.1) is 0 Å². The van der Waals surface area contributed by atoms with Crippen molar-refractivity contribution in [3.8, 4) is 0 Å². The van der Waals surface area contributed by atoms with Crippen LogP contribution in [0.25, 0.3) is 0 Å². The molecule has 1 amide bonds. The summed E-state index contributed by atoms with van der Waals surface area (Å²) in [5.74, 6) is 1.89. The van der Waals surface area contributed by atoms with Gasteiger partial charge in [0.05, 0.1) is 0 Å². The molecule has 2 aliphatic heterocycles. The number of carbonyl (C=O) groups is 1. The SMILES string of the molecule is CN(C)c1ccc(C(=O)N2CCN(c3ccnc(N4CCCC4)n3)CC2)cc1. The van der Waals surface area contributed by atoms with Crippen molar-refractivity contribution < 1.29 is 4.79 Å². The van der Waals surface area contributed by atoms with Gasteiger partial charge >= 0.3 is 0 Å². The zero-order valence-corrected chi connectivity index (χ0v) is 16.7. The van der Waals surface area contributed by atoms with Crippen molar-refractivity contribution in [2.45, 2.75) is 12.8 Å². The second-order valence-corrected chi connectivity index (χ2v) is 7.63. The van der Waals surface area contributed by atoms with E-state index in [0.29, 0.717) is 13.1 Å². The number of nitrogens with zero attached hydrogens (tertiary/aromatic N) is 6. The fourth-order valence-corrected chi connectivity index (χ4v) is 3.81. The van der Waals surface area contributed by atoms with E-state index in [9.17, 15) is 4.79 Å². The molecule has 1 aromatic heterocycles. The minimum atomic E-state index is 0.102. The minimum Gasteiger partial charge on any atom is -0.378 e. The molecule has 148 valence electrons. The molecule has 4 rings (SSSR count). The Morgan fingerprint density at radius 3 is 2.21 bits per heavy atom. The highest BCUT2D eigenvalue weighted by atomic mass is 16.2. The van der Waals surface area contributed by atoms with Crippen molar-refractivity contribution in [3.63, 3.8) is 0 Å². The summed E-state index contributed by atoms with van der Waals surface area (Å²) in [7, 11) is 4.00. The van der Waals surface area contributed by atoms with Gasteiger partial charge in [-0.3, -0.25) is 4.79 Å². The Bertz CT molecular complexity index is 808. The van der Waals surface area contributed by atoms with Crippen LogP contribution in [0.1, 0.15) is 23.2 Å². The van der Waals surface area contributed by atoms with Crippen LogP contribution in [-0.2, 0) is 0 Å². The molecule has 0 bridgehead atoms. The summed E-state index contributed by atoms with van der Waals surface area (Å²) in [6.07, 6.45) is 4.27. The Kier molecular flexibility index (Phi) is 5.32. The number of benzene rings is 1. The third-order valence-corrected chi connectivity index (χ3v) is 5.54. The van der Waals surface area contributed by atoms with Crippen LogP contribution >= 0.6 is 0 Å². The van der Waals surface area contributed by atoms with E-state index in [0.717, 1.165) is 49.2 Å². The van der Waals surface area contributed by atoms with Gasteiger partial charge in [-0.25, -0.2) is 4.98 Å². The molecule has 7 heteroatoms. The summed E-state index contributed by atoms with van der Waals surface area (Å²) >= 11 is 0. The monoisotopic (exact) mass is 380 g/mol. The maximum Gasteiger partial charge on any atom is 0.253 e. The van der Waals surface area contributed by atoms with Crippen molar-refractivity contribution in [3.05, 3.63) is 42.1 Å². The first-order valence-electron chi connectivity index (χ1n) is 10.0. The molecule has 2 aliphatic rings. The third-order valence-electron chi connectivity index (χ3n) is 5.54. The molecule has 0 atom stereocenters. The molecule has 3 heterocycles. The normalized spacial score (nSPS) is 17.1. The molecule has 2 saturated heterocycles. The Labute approximate surface area is 166 Å². The van der Waals surface area contributed by atoms with Gasteiger partial charge in [0.25, 0.3) is 5.91 Å². The van der Waals surface area contributed by atoms with E-state index in [2.05, 4.69) is 14.8 Å². The largest absolute Gasteiger partial charge is 0.378 e. The van der Waals surface area contributed by atoms with Crippen LogP contribution in [-0.4, -0.2) is 74.1 Å². The van der Waals surface area contributed by atoms with E-state index >= 15 is 0 Å². The lowest BCUT2D eigenvalue weighted by Crippen LogP contribution is -2.49. The fourth-order valence-electron chi connectivity index (χ4n) is 3.81. The summed E-state index contributed by atoms with van der Waals surface area (Å²) < 4.78 is 0. The Balaban J connectivity index is 1.38. The third kappa shape index (κ3) is 3.88. The van der Waals surface area contributed by atoms with Crippen LogP contribution in [0.15, 0.2) is 36.5 Å². The van der Waals surface area contributed by atoms with E-state index in [1.165, 1.54) is 12.8 Å². The molecule has 28 heavy (non-hydrogen) atoms. The van der Waals surface area contributed by atoms with Crippen LogP contribution < -0.4 is 14.7 Å². The van der Waals surface area contributed by atoms with E-state index < -0.39 is 0 Å². The Morgan fingerprint density at radius 2 is 1.57 bits per heavy atom. The molecule has 0 saturated carbocycles. The van der Waals surface area contributed by atoms with Gasteiger partial charge in [0.15, 0.2) is 0 Å². The Hall–Kier alpha value is -2.83. The molecule has 0 unspecified atom stereocenters. The van der Waals surface area contributed by atoms with Gasteiger partial charge < -0.3 is 19.6 Å². The van der Waals surface area contributed by atoms with E-state index in [4.69, 9.17) is 4.98 Å². The number of hydrogen-bond donors (Lipinski definition) is 0. The molecule has 7 nitrogen and oxygen atoms in total. The first-order chi connectivity index (χ1) is 13.6. The topological polar surface area (TPSA) is 55.8 Å². The van der Waals surface area contributed by atoms with Crippen molar-refractivity contribution in [1.82, 2.24) is 14.9 Å². The van der Waals surface area contributed by atoms with Gasteiger partial charge in [-0.1, -0.05) is 0 Å². The van der Waals surface area contributed by atoms with Crippen molar-refractivity contribution in [2.75, 3.05) is 68.1 Å². The lowest BCUT2D eigenvalue weighted by atomic mass is 10.1. The summed E-state index contributed by atoms with van der Waals surface area (Å²) in [5, 5.41) is 0. The van der Waals surface area contributed by atoms with Gasteiger partial charge in [-0.05, 0) is 43.2 Å². The van der Waals surface area contributed by atoms with Gasteiger partial charge in [0, 0.05) is 70.8 Å². The lowest BCUT2D eigenvalue weighted by Gasteiger charge is -2.35. The number of piperazine rings is 1. The number of amides is 1. The second-order valence-electron chi connectivity index (χ2n) is 7.63. The summed E-state index contributed by atoms with van der Waals surface area (Å²) in [5.41, 5.74) is 1.84. The highest BCUT2D eigenvalue weighted by molar-refractivity contribution is 5.94. The predicted octanol–water partition coefficient (Wildman–Crippen LogP) is 2.11. The molecule has 0 aliphatic carbocycles.